The lowest BCUT2D eigenvalue weighted by Gasteiger charge is -2.33. The minimum absolute atomic E-state index is 0.0657. The van der Waals surface area contributed by atoms with Crippen LogP contribution in [0.5, 0.6) is 0 Å². The van der Waals surface area contributed by atoms with Crippen molar-refractivity contribution in [3.8, 4) is 0 Å². The van der Waals surface area contributed by atoms with Gasteiger partial charge in [-0.2, -0.15) is 0 Å². The van der Waals surface area contributed by atoms with Crippen LogP contribution in [0.4, 0.5) is 0 Å². The number of hydrogen-bond acceptors (Lipinski definition) is 5. The second-order valence-electron chi connectivity index (χ2n) is 9.94. The van der Waals surface area contributed by atoms with E-state index in [1.165, 1.54) is 45.1 Å². The first kappa shape index (κ1) is 21.6. The van der Waals surface area contributed by atoms with E-state index in [1.54, 1.807) is 4.90 Å². The summed E-state index contributed by atoms with van der Waals surface area (Å²) in [5.74, 6) is 0.154. The van der Waals surface area contributed by atoms with Gasteiger partial charge in [0.1, 0.15) is 6.04 Å². The lowest BCUT2D eigenvalue weighted by atomic mass is 9.90. The predicted octanol–water partition coefficient (Wildman–Crippen LogP) is 2.19. The highest BCUT2D eigenvalue weighted by atomic mass is 16.2. The molecule has 7 nitrogen and oxygen atoms in total. The highest BCUT2D eigenvalue weighted by Gasteiger charge is 2.40. The SMILES string of the molecule is O=C1CCC(N2Cc3cccc(CN4CCC(CC[C@H]5CCCN5)CC4)c3C2=O)C(=O)N1. The fourth-order valence-corrected chi connectivity index (χ4v) is 5.94. The maximum absolute atomic E-state index is 13.3. The zero-order chi connectivity index (χ0) is 22.1. The van der Waals surface area contributed by atoms with E-state index in [1.807, 2.05) is 12.1 Å². The van der Waals surface area contributed by atoms with Crippen molar-refractivity contribution in [3.63, 3.8) is 0 Å². The van der Waals surface area contributed by atoms with E-state index in [0.29, 0.717) is 13.0 Å². The number of rotatable bonds is 6. The van der Waals surface area contributed by atoms with Gasteiger partial charge in [-0.15, -0.1) is 0 Å². The summed E-state index contributed by atoms with van der Waals surface area (Å²) >= 11 is 0. The van der Waals surface area contributed by atoms with Crippen LogP contribution in [0.3, 0.4) is 0 Å². The number of nitrogens with one attached hydrogen (secondary N) is 2. The van der Waals surface area contributed by atoms with Gasteiger partial charge in [-0.3, -0.25) is 24.6 Å². The smallest absolute Gasteiger partial charge is 0.255 e. The average molecular weight is 439 g/mol. The van der Waals surface area contributed by atoms with Gasteiger partial charge >= 0.3 is 0 Å². The molecule has 7 heteroatoms. The average Bonchev–Trinajstić information content (AvgIpc) is 3.42. The Bertz CT molecular complexity index is 887. The fraction of sp³-hybridized carbons (Fsp3) is 0.640. The van der Waals surface area contributed by atoms with Crippen LogP contribution in [0.15, 0.2) is 18.2 Å². The summed E-state index contributed by atoms with van der Waals surface area (Å²) in [5, 5.41) is 5.99. The highest BCUT2D eigenvalue weighted by Crippen LogP contribution is 2.31. The van der Waals surface area contributed by atoms with Gasteiger partial charge in [-0.25, -0.2) is 0 Å². The van der Waals surface area contributed by atoms with E-state index in [2.05, 4.69) is 21.6 Å². The van der Waals surface area contributed by atoms with Gasteiger partial charge in [0.2, 0.25) is 11.8 Å². The molecule has 2 atom stereocenters. The molecule has 0 spiro atoms. The van der Waals surface area contributed by atoms with Gasteiger partial charge in [0.15, 0.2) is 0 Å². The maximum Gasteiger partial charge on any atom is 0.255 e. The zero-order valence-corrected chi connectivity index (χ0v) is 18.8. The minimum Gasteiger partial charge on any atom is -0.322 e. The molecule has 2 N–H and O–H groups in total. The van der Waals surface area contributed by atoms with E-state index in [4.69, 9.17) is 0 Å². The van der Waals surface area contributed by atoms with Crippen molar-refractivity contribution in [2.24, 2.45) is 5.92 Å². The molecule has 4 aliphatic heterocycles. The Balaban J connectivity index is 1.18. The number of nitrogens with zero attached hydrogens (tertiary/aromatic N) is 2. The summed E-state index contributed by atoms with van der Waals surface area (Å²) in [6, 6.07) is 6.26. The van der Waals surface area contributed by atoms with E-state index in [9.17, 15) is 14.4 Å². The van der Waals surface area contributed by atoms with Crippen LogP contribution in [0.25, 0.3) is 0 Å². The first-order valence-electron chi connectivity index (χ1n) is 12.3. The summed E-state index contributed by atoms with van der Waals surface area (Å²) < 4.78 is 0. The van der Waals surface area contributed by atoms with Crippen LogP contribution in [-0.4, -0.2) is 59.2 Å². The number of imide groups is 1. The van der Waals surface area contributed by atoms with E-state index < -0.39 is 6.04 Å². The van der Waals surface area contributed by atoms with Gasteiger partial charge in [0.05, 0.1) is 0 Å². The molecule has 3 saturated heterocycles. The number of carbonyl (C=O) groups is 3. The first-order valence-corrected chi connectivity index (χ1v) is 12.3. The molecule has 172 valence electrons. The number of likely N-dealkylation sites (tertiary alicyclic amines) is 1. The van der Waals surface area contributed by atoms with Crippen LogP contribution in [0.1, 0.15) is 72.9 Å². The van der Waals surface area contributed by atoms with Crippen molar-refractivity contribution in [1.82, 2.24) is 20.4 Å². The Morgan fingerprint density at radius 1 is 1.00 bits per heavy atom. The molecule has 4 aliphatic rings. The lowest BCUT2D eigenvalue weighted by Crippen LogP contribution is -2.52. The number of piperidine rings is 2. The van der Waals surface area contributed by atoms with Crippen molar-refractivity contribution in [1.29, 1.82) is 0 Å². The standard InChI is InChI=1S/C25H34N4O3/c30-22-9-8-21(24(31)27-22)29-16-19-4-1-3-18(23(19)25(29)32)15-28-13-10-17(11-14-28)6-7-20-5-2-12-26-20/h1,3-4,17,20-21,26H,2,5-16H2,(H,27,30,31)/t20-,21?/m1/s1. The number of carbonyl (C=O) groups excluding carboxylic acids is 3. The van der Waals surface area contributed by atoms with Crippen LogP contribution < -0.4 is 10.6 Å². The lowest BCUT2D eigenvalue weighted by molar-refractivity contribution is -0.136. The van der Waals surface area contributed by atoms with E-state index in [0.717, 1.165) is 48.3 Å². The Kier molecular flexibility index (Phi) is 6.28. The van der Waals surface area contributed by atoms with Crippen LogP contribution in [0.2, 0.25) is 0 Å². The number of fused-ring (bicyclic) bond motifs is 1. The van der Waals surface area contributed by atoms with Gasteiger partial charge in [0, 0.05) is 31.1 Å². The van der Waals surface area contributed by atoms with Crippen molar-refractivity contribution in [2.75, 3.05) is 19.6 Å². The fourth-order valence-electron chi connectivity index (χ4n) is 5.94. The molecule has 0 aliphatic carbocycles. The maximum atomic E-state index is 13.3. The second-order valence-corrected chi connectivity index (χ2v) is 9.94. The van der Waals surface area contributed by atoms with Crippen LogP contribution in [-0.2, 0) is 22.7 Å². The van der Waals surface area contributed by atoms with Crippen molar-refractivity contribution < 1.29 is 14.4 Å². The van der Waals surface area contributed by atoms with Gasteiger partial charge in [-0.1, -0.05) is 18.2 Å². The normalized spacial score (nSPS) is 27.1. The Labute approximate surface area is 189 Å². The quantitative estimate of drug-likeness (QED) is 0.666. The monoisotopic (exact) mass is 438 g/mol. The predicted molar refractivity (Wildman–Crippen MR) is 121 cm³/mol. The summed E-state index contributed by atoms with van der Waals surface area (Å²) in [4.78, 5) is 41.2. The third-order valence-corrected chi connectivity index (χ3v) is 7.83. The molecule has 0 saturated carbocycles. The molecule has 0 radical (unpaired) electrons. The Hall–Kier alpha value is -2.25. The third kappa shape index (κ3) is 4.46. The third-order valence-electron chi connectivity index (χ3n) is 7.83. The summed E-state index contributed by atoms with van der Waals surface area (Å²) in [7, 11) is 0. The van der Waals surface area contributed by atoms with Gasteiger partial charge < -0.3 is 10.2 Å². The molecule has 1 unspecified atom stereocenters. The van der Waals surface area contributed by atoms with Crippen LogP contribution >= 0.6 is 0 Å². The van der Waals surface area contributed by atoms with E-state index >= 15 is 0 Å². The highest BCUT2D eigenvalue weighted by molar-refractivity contribution is 6.05. The number of benzene rings is 1. The molecule has 0 bridgehead atoms. The number of hydrogen-bond donors (Lipinski definition) is 2. The van der Waals surface area contributed by atoms with Crippen molar-refractivity contribution in [3.05, 3.63) is 34.9 Å². The molecule has 32 heavy (non-hydrogen) atoms. The molecule has 5 rings (SSSR count). The Morgan fingerprint density at radius 2 is 1.84 bits per heavy atom. The molecule has 1 aromatic carbocycles. The largest absolute Gasteiger partial charge is 0.322 e. The van der Waals surface area contributed by atoms with E-state index in [-0.39, 0.29) is 24.1 Å². The Morgan fingerprint density at radius 3 is 2.59 bits per heavy atom. The molecular formula is C25H34N4O3. The molecule has 3 fully saturated rings. The molecule has 1 aromatic rings. The molecule has 3 amide bonds. The second kappa shape index (κ2) is 9.32. The summed E-state index contributed by atoms with van der Waals surface area (Å²) in [6.07, 6.45) is 8.45. The summed E-state index contributed by atoms with van der Waals surface area (Å²) in [5.41, 5.74) is 2.83. The van der Waals surface area contributed by atoms with Crippen LogP contribution in [0, 0.1) is 5.92 Å². The molecule has 4 heterocycles. The summed E-state index contributed by atoms with van der Waals surface area (Å²) in [6.45, 7) is 4.58. The molecule has 0 aromatic heterocycles. The van der Waals surface area contributed by atoms with Gasteiger partial charge in [0.25, 0.3) is 5.91 Å². The number of amides is 3. The first-order chi connectivity index (χ1) is 15.6. The minimum atomic E-state index is -0.550. The van der Waals surface area contributed by atoms with Gasteiger partial charge in [-0.05, 0) is 81.6 Å². The molecular weight excluding hydrogens is 404 g/mol. The topological polar surface area (TPSA) is 81.8 Å². The zero-order valence-electron chi connectivity index (χ0n) is 18.8. The van der Waals surface area contributed by atoms with Crippen molar-refractivity contribution >= 4 is 17.7 Å². The van der Waals surface area contributed by atoms with Crippen molar-refractivity contribution in [2.45, 2.75) is 76.5 Å².